The molecule has 19 heavy (non-hydrogen) atoms. The molecule has 1 atom stereocenters. The Kier molecular flexibility index (Phi) is 3.33. The van der Waals surface area contributed by atoms with Crippen LogP contribution in [0.15, 0.2) is 12.5 Å². The zero-order valence-electron chi connectivity index (χ0n) is 11.3. The maximum atomic E-state index is 5.99. The number of hydrogen-bond donors (Lipinski definition) is 1. The van der Waals surface area contributed by atoms with Gasteiger partial charge in [0.2, 0.25) is 5.88 Å². The van der Waals surface area contributed by atoms with Crippen LogP contribution < -0.4 is 10.1 Å². The van der Waals surface area contributed by atoms with Crippen LogP contribution in [0, 0.1) is 0 Å². The number of ether oxygens (including phenoxy) is 1. The molecule has 102 valence electrons. The summed E-state index contributed by atoms with van der Waals surface area (Å²) in [6.45, 7) is 6.12. The van der Waals surface area contributed by atoms with E-state index in [1.807, 2.05) is 4.68 Å². The second-order valence-corrected chi connectivity index (χ2v) is 5.19. The van der Waals surface area contributed by atoms with Crippen LogP contribution in [0.3, 0.4) is 0 Å². The lowest BCUT2D eigenvalue weighted by Crippen LogP contribution is -2.37. The topological polar surface area (TPSA) is 64.9 Å². The minimum Gasteiger partial charge on any atom is -0.472 e. The van der Waals surface area contributed by atoms with Crippen molar-refractivity contribution < 1.29 is 4.74 Å². The summed E-state index contributed by atoms with van der Waals surface area (Å²) in [7, 11) is 0. The fraction of sp³-hybridized carbons (Fsp3) is 0.615. The lowest BCUT2D eigenvalue weighted by Gasteiger charge is -2.23. The molecule has 2 aromatic rings. The molecule has 1 N–H and O–H groups in total. The number of piperidine rings is 1. The average Bonchev–Trinajstić information content (AvgIpc) is 2.85. The van der Waals surface area contributed by atoms with E-state index in [1.165, 1.54) is 0 Å². The molecular formula is C13H19N5O. The molecule has 1 aliphatic rings. The van der Waals surface area contributed by atoms with Gasteiger partial charge in [-0.15, -0.1) is 0 Å². The fourth-order valence-corrected chi connectivity index (χ4v) is 2.39. The third-order valence-corrected chi connectivity index (χ3v) is 3.37. The van der Waals surface area contributed by atoms with Crippen LogP contribution in [0.5, 0.6) is 5.88 Å². The van der Waals surface area contributed by atoms with Crippen LogP contribution in [0.4, 0.5) is 0 Å². The van der Waals surface area contributed by atoms with Gasteiger partial charge in [-0.05, 0) is 33.2 Å². The van der Waals surface area contributed by atoms with Gasteiger partial charge in [0.05, 0.1) is 6.20 Å². The Morgan fingerprint density at radius 2 is 2.32 bits per heavy atom. The van der Waals surface area contributed by atoms with E-state index in [0.717, 1.165) is 37.0 Å². The van der Waals surface area contributed by atoms with Crippen molar-refractivity contribution in [3.8, 4) is 5.88 Å². The van der Waals surface area contributed by atoms with Gasteiger partial charge >= 0.3 is 0 Å². The first-order valence-corrected chi connectivity index (χ1v) is 6.81. The summed E-state index contributed by atoms with van der Waals surface area (Å²) in [5.41, 5.74) is 0.837. The van der Waals surface area contributed by atoms with Crippen molar-refractivity contribution in [1.82, 2.24) is 25.1 Å². The van der Waals surface area contributed by atoms with Gasteiger partial charge in [-0.3, -0.25) is 0 Å². The first kappa shape index (κ1) is 12.3. The molecule has 1 saturated heterocycles. The second kappa shape index (κ2) is 5.13. The zero-order chi connectivity index (χ0) is 13.2. The summed E-state index contributed by atoms with van der Waals surface area (Å²) in [6.07, 6.45) is 5.74. The second-order valence-electron chi connectivity index (χ2n) is 5.19. The molecule has 0 spiro atoms. The molecule has 1 unspecified atom stereocenters. The van der Waals surface area contributed by atoms with E-state index >= 15 is 0 Å². The molecule has 0 aromatic carbocycles. The largest absolute Gasteiger partial charge is 0.472 e. The predicted octanol–water partition coefficient (Wildman–Crippen LogP) is 1.54. The minimum absolute atomic E-state index is 0.189. The highest BCUT2D eigenvalue weighted by Gasteiger charge is 2.18. The van der Waals surface area contributed by atoms with Gasteiger partial charge in [-0.25, -0.2) is 14.6 Å². The number of rotatable bonds is 3. The van der Waals surface area contributed by atoms with E-state index in [-0.39, 0.29) is 12.1 Å². The van der Waals surface area contributed by atoms with Crippen LogP contribution in [0.2, 0.25) is 0 Å². The first-order chi connectivity index (χ1) is 9.25. The Morgan fingerprint density at radius 3 is 3.05 bits per heavy atom. The fourth-order valence-electron chi connectivity index (χ4n) is 2.39. The van der Waals surface area contributed by atoms with Crippen molar-refractivity contribution in [2.75, 3.05) is 13.1 Å². The lowest BCUT2D eigenvalue weighted by molar-refractivity contribution is 0.162. The van der Waals surface area contributed by atoms with Crippen molar-refractivity contribution in [3.63, 3.8) is 0 Å². The van der Waals surface area contributed by atoms with Gasteiger partial charge in [-0.2, -0.15) is 5.10 Å². The van der Waals surface area contributed by atoms with E-state index < -0.39 is 0 Å². The van der Waals surface area contributed by atoms with E-state index in [9.17, 15) is 0 Å². The van der Waals surface area contributed by atoms with E-state index in [4.69, 9.17) is 4.74 Å². The molecule has 3 heterocycles. The highest BCUT2D eigenvalue weighted by molar-refractivity contribution is 5.79. The monoisotopic (exact) mass is 261 g/mol. The van der Waals surface area contributed by atoms with Gasteiger partial charge < -0.3 is 10.1 Å². The molecule has 0 saturated carbocycles. The van der Waals surface area contributed by atoms with Crippen molar-refractivity contribution in [2.24, 2.45) is 0 Å². The maximum Gasteiger partial charge on any atom is 0.228 e. The number of nitrogens with zero attached hydrogens (tertiary/aromatic N) is 4. The normalized spacial score (nSPS) is 20.1. The Hall–Kier alpha value is -1.69. The summed E-state index contributed by atoms with van der Waals surface area (Å²) >= 11 is 0. The molecule has 2 aromatic heterocycles. The summed E-state index contributed by atoms with van der Waals surface area (Å²) < 4.78 is 7.89. The molecule has 0 aliphatic carbocycles. The summed E-state index contributed by atoms with van der Waals surface area (Å²) in [4.78, 5) is 8.57. The number of nitrogens with one attached hydrogen (secondary N) is 1. The minimum atomic E-state index is 0.189. The number of hydrogen-bond acceptors (Lipinski definition) is 5. The Bertz CT molecular complexity index is 559. The molecule has 0 bridgehead atoms. The molecule has 3 rings (SSSR count). The smallest absolute Gasteiger partial charge is 0.228 e. The van der Waals surface area contributed by atoms with E-state index in [2.05, 4.69) is 34.2 Å². The van der Waals surface area contributed by atoms with Crippen molar-refractivity contribution in [1.29, 1.82) is 0 Å². The van der Waals surface area contributed by atoms with Gasteiger partial charge in [-0.1, -0.05) is 0 Å². The molecule has 6 heteroatoms. The van der Waals surface area contributed by atoms with E-state index in [0.29, 0.717) is 5.88 Å². The zero-order valence-corrected chi connectivity index (χ0v) is 11.3. The van der Waals surface area contributed by atoms with E-state index in [1.54, 1.807) is 12.5 Å². The number of aromatic nitrogens is 4. The standard InChI is InChI=1S/C13H19N5O/c1-9(2)18-12-11(7-17-18)13(16-8-15-12)19-10-4-3-5-14-6-10/h7-10,14H,3-6H2,1-2H3. The molecule has 6 nitrogen and oxygen atoms in total. The Morgan fingerprint density at radius 1 is 1.42 bits per heavy atom. The van der Waals surface area contributed by atoms with Crippen molar-refractivity contribution >= 4 is 11.0 Å². The summed E-state index contributed by atoms with van der Waals surface area (Å²) in [6, 6.07) is 0.275. The summed E-state index contributed by atoms with van der Waals surface area (Å²) in [5, 5.41) is 8.59. The number of fused-ring (bicyclic) bond motifs is 1. The van der Waals surface area contributed by atoms with Crippen LogP contribution >= 0.6 is 0 Å². The molecule has 0 amide bonds. The van der Waals surface area contributed by atoms with Crippen LogP contribution in [0.1, 0.15) is 32.7 Å². The third kappa shape index (κ3) is 2.40. The van der Waals surface area contributed by atoms with Gasteiger partial charge in [0, 0.05) is 12.6 Å². The third-order valence-electron chi connectivity index (χ3n) is 3.37. The van der Waals surface area contributed by atoms with Gasteiger partial charge in [0.25, 0.3) is 0 Å². The van der Waals surface area contributed by atoms with Crippen LogP contribution in [-0.2, 0) is 0 Å². The lowest BCUT2D eigenvalue weighted by atomic mass is 10.1. The predicted molar refractivity (Wildman–Crippen MR) is 72.2 cm³/mol. The molecular weight excluding hydrogens is 242 g/mol. The van der Waals surface area contributed by atoms with Crippen LogP contribution in [0.25, 0.3) is 11.0 Å². The first-order valence-electron chi connectivity index (χ1n) is 6.81. The Balaban J connectivity index is 1.90. The van der Waals surface area contributed by atoms with Crippen LogP contribution in [-0.4, -0.2) is 38.9 Å². The highest BCUT2D eigenvalue weighted by Crippen LogP contribution is 2.24. The summed E-state index contributed by atoms with van der Waals surface area (Å²) in [5.74, 6) is 0.644. The highest BCUT2D eigenvalue weighted by atomic mass is 16.5. The maximum absolute atomic E-state index is 5.99. The van der Waals surface area contributed by atoms with Crippen molar-refractivity contribution in [3.05, 3.63) is 12.5 Å². The molecule has 1 fully saturated rings. The van der Waals surface area contributed by atoms with Crippen molar-refractivity contribution in [2.45, 2.75) is 38.8 Å². The SMILES string of the molecule is CC(C)n1ncc2c(OC3CCCNC3)ncnc21. The average molecular weight is 261 g/mol. The Labute approximate surface area is 112 Å². The van der Waals surface area contributed by atoms with Gasteiger partial charge in [0.15, 0.2) is 5.65 Å². The quantitative estimate of drug-likeness (QED) is 0.908. The van der Waals surface area contributed by atoms with Gasteiger partial charge in [0.1, 0.15) is 17.8 Å². The molecule has 1 aliphatic heterocycles. The molecule has 0 radical (unpaired) electrons.